The number of nitrogens with zero attached hydrogens (tertiary/aromatic N) is 4. The number of aromatic nitrogens is 4. The molecule has 0 radical (unpaired) electrons. The number of para-hydroxylation sites is 2. The van der Waals surface area contributed by atoms with E-state index in [-0.39, 0.29) is 0 Å². The van der Waals surface area contributed by atoms with Crippen LogP contribution in [0.2, 0.25) is 0 Å². The van der Waals surface area contributed by atoms with Gasteiger partial charge < -0.3 is 13.4 Å². The van der Waals surface area contributed by atoms with Crippen molar-refractivity contribution in [2.75, 3.05) is 0 Å². The molecule has 14 aromatic rings. The Kier molecular flexibility index (Phi) is 8.18. The molecule has 0 amide bonds. The first-order valence-corrected chi connectivity index (χ1v) is 22.5. The van der Waals surface area contributed by atoms with Crippen molar-refractivity contribution in [2.24, 2.45) is 0 Å². The normalized spacial score (nSPS) is 11.9. The van der Waals surface area contributed by atoms with Gasteiger partial charge in [0.25, 0.3) is 0 Å². The van der Waals surface area contributed by atoms with Gasteiger partial charge in [0.1, 0.15) is 22.3 Å². The van der Waals surface area contributed by atoms with Crippen LogP contribution in [-0.4, -0.2) is 19.5 Å². The van der Waals surface area contributed by atoms with Crippen LogP contribution >= 0.6 is 0 Å². The molecular weight excluding hydrogens is 821 g/mol. The average Bonchev–Trinajstić information content (AvgIpc) is 4.07. The zero-order valence-corrected chi connectivity index (χ0v) is 35.9. The summed E-state index contributed by atoms with van der Waals surface area (Å²) in [7, 11) is 0. The minimum absolute atomic E-state index is 0.546. The number of hydrogen-bond acceptors (Lipinski definition) is 5. The van der Waals surface area contributed by atoms with Gasteiger partial charge >= 0.3 is 0 Å². The van der Waals surface area contributed by atoms with E-state index in [9.17, 15) is 0 Å². The van der Waals surface area contributed by atoms with Gasteiger partial charge in [-0.2, -0.15) is 0 Å². The number of rotatable bonds is 6. The SMILES string of the molecule is c1ccc(-c2ccc(-c3nc(-c4cccc5oc6ccccc6c45)nc(-c4cccc5oc6cc(-n7c8ccccc8c8cc9ccccc9cc87)c(-c7ccccc7)cc6c45)n3)cc2)cc1. The molecule has 0 spiro atoms. The van der Waals surface area contributed by atoms with Crippen LogP contribution in [0.15, 0.2) is 227 Å². The molecule has 312 valence electrons. The number of hydrogen-bond donors (Lipinski definition) is 0. The minimum atomic E-state index is 0.546. The van der Waals surface area contributed by atoms with Crippen LogP contribution in [0.3, 0.4) is 0 Å². The van der Waals surface area contributed by atoms with Gasteiger partial charge in [-0.3, -0.25) is 0 Å². The van der Waals surface area contributed by atoms with Crippen molar-refractivity contribution in [1.29, 1.82) is 0 Å². The summed E-state index contributed by atoms with van der Waals surface area (Å²) >= 11 is 0. The van der Waals surface area contributed by atoms with E-state index in [1.54, 1.807) is 0 Å². The third-order valence-electron chi connectivity index (χ3n) is 13.2. The van der Waals surface area contributed by atoms with Gasteiger partial charge in [-0.25, -0.2) is 15.0 Å². The Hall–Kier alpha value is -9.13. The van der Waals surface area contributed by atoms with Crippen LogP contribution in [0.1, 0.15) is 0 Å². The van der Waals surface area contributed by atoms with Gasteiger partial charge in [0, 0.05) is 60.6 Å². The molecule has 4 aromatic heterocycles. The maximum absolute atomic E-state index is 6.92. The lowest BCUT2D eigenvalue weighted by Crippen LogP contribution is -2.01. The smallest absolute Gasteiger partial charge is 0.164 e. The molecule has 0 bridgehead atoms. The van der Waals surface area contributed by atoms with E-state index in [1.807, 2.05) is 48.5 Å². The van der Waals surface area contributed by atoms with Crippen molar-refractivity contribution >= 4 is 76.5 Å². The highest BCUT2D eigenvalue weighted by molar-refractivity contribution is 6.17. The van der Waals surface area contributed by atoms with E-state index in [1.165, 1.54) is 21.5 Å². The first-order chi connectivity index (χ1) is 33.2. The Labute approximate surface area is 383 Å². The number of furan rings is 2. The topological polar surface area (TPSA) is 69.9 Å². The maximum Gasteiger partial charge on any atom is 0.164 e. The number of fused-ring (bicyclic) bond motifs is 10. The van der Waals surface area contributed by atoms with E-state index >= 15 is 0 Å². The molecule has 0 fully saturated rings. The monoisotopic (exact) mass is 856 g/mol. The molecule has 0 N–H and O–H groups in total. The van der Waals surface area contributed by atoms with Crippen molar-refractivity contribution in [3.05, 3.63) is 218 Å². The van der Waals surface area contributed by atoms with Crippen LogP contribution in [-0.2, 0) is 0 Å². The first kappa shape index (κ1) is 37.3. The van der Waals surface area contributed by atoms with Gasteiger partial charge in [-0.1, -0.05) is 170 Å². The van der Waals surface area contributed by atoms with Crippen LogP contribution in [0, 0.1) is 0 Å². The average molecular weight is 857 g/mol. The summed E-state index contributed by atoms with van der Waals surface area (Å²) in [5.74, 6) is 1.67. The van der Waals surface area contributed by atoms with Crippen molar-refractivity contribution in [3.63, 3.8) is 0 Å². The lowest BCUT2D eigenvalue weighted by molar-refractivity contribution is 0.668. The summed E-state index contributed by atoms with van der Waals surface area (Å²) in [6, 6.07) is 76.3. The summed E-state index contributed by atoms with van der Waals surface area (Å²) in [6.45, 7) is 0. The van der Waals surface area contributed by atoms with Crippen LogP contribution in [0.25, 0.3) is 139 Å². The van der Waals surface area contributed by atoms with E-state index in [2.05, 4.69) is 174 Å². The van der Waals surface area contributed by atoms with Crippen LogP contribution in [0.4, 0.5) is 0 Å². The standard InChI is InChI=1S/C61H36N4O2/c1-3-15-37(16-4-1)38-29-31-40(32-30-38)59-62-60(45-23-13-27-54-57(45)44-22-10-12-26-53(44)66-54)64-61(63-59)46-24-14-28-55-58(46)49-35-47(39-17-5-2-6-18-39)52(36-56(49)67-55)65-50-25-11-9-21-43(50)48-33-41-19-7-8-20-42(41)34-51(48)65/h1-36H. The second-order valence-electron chi connectivity index (χ2n) is 17.1. The van der Waals surface area contributed by atoms with E-state index in [0.29, 0.717) is 17.5 Å². The molecule has 0 unspecified atom stereocenters. The fourth-order valence-corrected chi connectivity index (χ4v) is 10.1. The second kappa shape index (κ2) is 14.7. The van der Waals surface area contributed by atoms with E-state index in [0.717, 1.165) is 99.5 Å². The first-order valence-electron chi connectivity index (χ1n) is 22.5. The quantitative estimate of drug-likeness (QED) is 0.167. The lowest BCUT2D eigenvalue weighted by Gasteiger charge is -2.15. The summed E-state index contributed by atoms with van der Waals surface area (Å²) in [5.41, 5.74) is 13.4. The third-order valence-corrected chi connectivity index (χ3v) is 13.2. The molecule has 0 saturated carbocycles. The maximum atomic E-state index is 6.92. The van der Waals surface area contributed by atoms with Crippen molar-refractivity contribution < 1.29 is 8.83 Å². The zero-order chi connectivity index (χ0) is 44.0. The molecule has 0 aliphatic rings. The minimum Gasteiger partial charge on any atom is -0.456 e. The molecule has 10 aromatic carbocycles. The summed E-state index contributed by atoms with van der Waals surface area (Å²) in [5, 5.41) is 8.68. The van der Waals surface area contributed by atoms with Gasteiger partial charge in [-0.15, -0.1) is 0 Å². The predicted octanol–water partition coefficient (Wildman–Crippen LogP) is 16.3. The Morgan fingerprint density at radius 2 is 0.836 bits per heavy atom. The highest BCUT2D eigenvalue weighted by Gasteiger charge is 2.23. The Morgan fingerprint density at radius 1 is 0.299 bits per heavy atom. The molecule has 0 aliphatic heterocycles. The Morgan fingerprint density at radius 3 is 1.57 bits per heavy atom. The summed E-state index contributed by atoms with van der Waals surface area (Å²) < 4.78 is 15.7. The van der Waals surface area contributed by atoms with Crippen molar-refractivity contribution in [1.82, 2.24) is 19.5 Å². The third kappa shape index (κ3) is 5.93. The molecule has 6 nitrogen and oxygen atoms in total. The molecule has 0 saturated heterocycles. The number of benzene rings is 10. The predicted molar refractivity (Wildman–Crippen MR) is 273 cm³/mol. The second-order valence-corrected chi connectivity index (χ2v) is 17.1. The Bertz CT molecular complexity index is 4260. The lowest BCUT2D eigenvalue weighted by atomic mass is 9.98. The molecule has 6 heteroatoms. The van der Waals surface area contributed by atoms with Crippen molar-refractivity contribution in [2.45, 2.75) is 0 Å². The molecule has 67 heavy (non-hydrogen) atoms. The fraction of sp³-hybridized carbons (Fsp3) is 0. The molecule has 0 aliphatic carbocycles. The highest BCUT2D eigenvalue weighted by Crippen LogP contribution is 2.44. The Balaban J connectivity index is 1.02. The molecule has 4 heterocycles. The molecule has 0 atom stereocenters. The van der Waals surface area contributed by atoms with Crippen LogP contribution in [0.5, 0.6) is 0 Å². The van der Waals surface area contributed by atoms with Gasteiger partial charge in [0.05, 0.1) is 16.7 Å². The van der Waals surface area contributed by atoms with Crippen molar-refractivity contribution in [3.8, 4) is 62.1 Å². The largest absolute Gasteiger partial charge is 0.456 e. The van der Waals surface area contributed by atoms with Gasteiger partial charge in [-0.05, 0) is 69.9 Å². The van der Waals surface area contributed by atoms with E-state index in [4.69, 9.17) is 23.8 Å². The van der Waals surface area contributed by atoms with Gasteiger partial charge in [0.2, 0.25) is 0 Å². The fourth-order valence-electron chi connectivity index (χ4n) is 10.1. The highest BCUT2D eigenvalue weighted by atomic mass is 16.3. The molecular formula is C61H36N4O2. The summed E-state index contributed by atoms with van der Waals surface area (Å²) in [4.78, 5) is 15.9. The zero-order valence-electron chi connectivity index (χ0n) is 35.9. The molecule has 14 rings (SSSR count). The van der Waals surface area contributed by atoms with Gasteiger partial charge in [0.15, 0.2) is 17.5 Å². The summed E-state index contributed by atoms with van der Waals surface area (Å²) in [6.07, 6.45) is 0. The van der Waals surface area contributed by atoms with Crippen LogP contribution < -0.4 is 0 Å². The van der Waals surface area contributed by atoms with E-state index < -0.39 is 0 Å².